The third-order valence-corrected chi connectivity index (χ3v) is 5.54. The van der Waals surface area contributed by atoms with Crippen LogP contribution in [0.2, 0.25) is 0 Å². The first kappa shape index (κ1) is 19.1. The summed E-state index contributed by atoms with van der Waals surface area (Å²) in [7, 11) is 0. The monoisotopic (exact) mass is 360 g/mol. The third-order valence-electron chi connectivity index (χ3n) is 5.54. The van der Waals surface area contributed by atoms with Crippen molar-refractivity contribution in [3.63, 3.8) is 0 Å². The number of aromatic nitrogens is 2. The fourth-order valence-electron chi connectivity index (χ4n) is 4.13. The summed E-state index contributed by atoms with van der Waals surface area (Å²) in [6.07, 6.45) is 7.03. The second-order valence-corrected chi connectivity index (χ2v) is 7.70. The van der Waals surface area contributed by atoms with Crippen LogP contribution in [-0.4, -0.2) is 41.2 Å². The Morgan fingerprint density at radius 1 is 1.31 bits per heavy atom. The predicted molar refractivity (Wildman–Crippen MR) is 102 cm³/mol. The molecule has 3 atom stereocenters. The number of carbonyl (C=O) groups is 1. The Balaban J connectivity index is 1.76. The van der Waals surface area contributed by atoms with E-state index >= 15 is 0 Å². The molecule has 1 N–H and O–H groups in total. The molecule has 1 fully saturated rings. The number of rotatable bonds is 5. The van der Waals surface area contributed by atoms with Crippen molar-refractivity contribution in [3.05, 3.63) is 17.5 Å². The highest BCUT2D eigenvalue weighted by atomic mass is 16.5. The Labute approximate surface area is 156 Å². The normalized spacial score (nSPS) is 25.9. The molecule has 1 saturated heterocycles. The van der Waals surface area contributed by atoms with Crippen molar-refractivity contribution in [1.82, 2.24) is 15.3 Å². The molecule has 6 heteroatoms. The van der Waals surface area contributed by atoms with Crippen LogP contribution in [0.1, 0.15) is 70.7 Å². The smallest absolute Gasteiger partial charge is 0.225 e. The number of hydrogen-bond donors (Lipinski definition) is 1. The number of aryl methyl sites for hydroxylation is 1. The van der Waals surface area contributed by atoms with E-state index in [-0.39, 0.29) is 30.1 Å². The predicted octanol–water partition coefficient (Wildman–Crippen LogP) is 3.02. The first-order chi connectivity index (χ1) is 12.5. The lowest BCUT2D eigenvalue weighted by molar-refractivity contribution is -0.126. The second-order valence-electron chi connectivity index (χ2n) is 7.70. The van der Waals surface area contributed by atoms with Crippen molar-refractivity contribution in [2.45, 2.75) is 78.0 Å². The van der Waals surface area contributed by atoms with E-state index in [0.717, 1.165) is 62.4 Å². The van der Waals surface area contributed by atoms with Crippen molar-refractivity contribution in [1.29, 1.82) is 0 Å². The Hall–Kier alpha value is -1.69. The maximum absolute atomic E-state index is 12.5. The number of ether oxygens (including phenoxy) is 1. The molecule has 1 aromatic heterocycles. The SMILES string of the molecule is CCC(CC)C(=O)N[C@H]1CCCc2nc(N3C[C@@H](C)O[C@@H](C)C3)ncc21. The van der Waals surface area contributed by atoms with Crippen molar-refractivity contribution in [2.24, 2.45) is 5.92 Å². The highest BCUT2D eigenvalue weighted by molar-refractivity contribution is 5.79. The van der Waals surface area contributed by atoms with Gasteiger partial charge < -0.3 is 15.0 Å². The molecule has 2 heterocycles. The molecular formula is C20H32N4O2. The van der Waals surface area contributed by atoms with Crippen LogP contribution in [0.3, 0.4) is 0 Å². The van der Waals surface area contributed by atoms with Crippen molar-refractivity contribution in [3.8, 4) is 0 Å². The zero-order valence-corrected chi connectivity index (χ0v) is 16.5. The summed E-state index contributed by atoms with van der Waals surface area (Å²) < 4.78 is 5.81. The van der Waals surface area contributed by atoms with Gasteiger partial charge >= 0.3 is 0 Å². The van der Waals surface area contributed by atoms with Crippen LogP contribution in [0.15, 0.2) is 6.20 Å². The van der Waals surface area contributed by atoms with Crippen LogP contribution in [0.25, 0.3) is 0 Å². The van der Waals surface area contributed by atoms with Gasteiger partial charge in [-0.05, 0) is 46.0 Å². The maximum atomic E-state index is 12.5. The van der Waals surface area contributed by atoms with Gasteiger partial charge in [0.25, 0.3) is 0 Å². The number of nitrogens with one attached hydrogen (secondary N) is 1. The summed E-state index contributed by atoms with van der Waals surface area (Å²) in [5, 5.41) is 3.24. The number of anilines is 1. The molecule has 0 saturated carbocycles. The molecule has 144 valence electrons. The van der Waals surface area contributed by atoms with Gasteiger partial charge in [0.2, 0.25) is 11.9 Å². The van der Waals surface area contributed by atoms with Crippen LogP contribution in [0.5, 0.6) is 0 Å². The third kappa shape index (κ3) is 4.17. The minimum absolute atomic E-state index is 0.0448. The lowest BCUT2D eigenvalue weighted by atomic mass is 9.91. The van der Waals surface area contributed by atoms with Crippen molar-refractivity contribution in [2.75, 3.05) is 18.0 Å². The summed E-state index contributed by atoms with van der Waals surface area (Å²) in [6.45, 7) is 9.95. The molecule has 1 aliphatic heterocycles. The number of nitrogens with zero attached hydrogens (tertiary/aromatic N) is 3. The lowest BCUT2D eigenvalue weighted by Gasteiger charge is -2.36. The van der Waals surface area contributed by atoms with Gasteiger partial charge in [-0.25, -0.2) is 9.97 Å². The van der Waals surface area contributed by atoms with Crippen LogP contribution in [-0.2, 0) is 16.0 Å². The van der Waals surface area contributed by atoms with Crippen LogP contribution in [0, 0.1) is 5.92 Å². The zero-order chi connectivity index (χ0) is 18.7. The van der Waals surface area contributed by atoms with Gasteiger partial charge in [-0.3, -0.25) is 4.79 Å². The van der Waals surface area contributed by atoms with Gasteiger partial charge in [0, 0.05) is 30.8 Å². The number of morpholine rings is 1. The summed E-state index contributed by atoms with van der Waals surface area (Å²) in [5.41, 5.74) is 2.18. The molecule has 1 amide bonds. The number of hydrogen-bond acceptors (Lipinski definition) is 5. The van der Waals surface area contributed by atoms with E-state index in [9.17, 15) is 4.79 Å². The minimum atomic E-state index is 0.0448. The van der Waals surface area contributed by atoms with Gasteiger partial charge in [0.1, 0.15) is 0 Å². The lowest BCUT2D eigenvalue weighted by Crippen LogP contribution is -2.46. The van der Waals surface area contributed by atoms with E-state index in [1.54, 1.807) is 0 Å². The molecule has 6 nitrogen and oxygen atoms in total. The maximum Gasteiger partial charge on any atom is 0.225 e. The number of carbonyl (C=O) groups excluding carboxylic acids is 1. The largest absolute Gasteiger partial charge is 0.372 e. The Bertz CT molecular complexity index is 622. The molecule has 0 bridgehead atoms. The fraction of sp³-hybridized carbons (Fsp3) is 0.750. The zero-order valence-electron chi connectivity index (χ0n) is 16.5. The molecule has 0 spiro atoms. The van der Waals surface area contributed by atoms with Gasteiger partial charge in [0.15, 0.2) is 0 Å². The number of amides is 1. The summed E-state index contributed by atoms with van der Waals surface area (Å²) >= 11 is 0. The fourth-order valence-corrected chi connectivity index (χ4v) is 4.13. The standard InChI is InChI=1S/C20H32N4O2/c1-5-15(6-2)19(25)22-17-8-7-9-18-16(17)10-21-20(23-18)24-11-13(3)26-14(4)12-24/h10,13-15,17H,5-9,11-12H2,1-4H3,(H,22,25)/t13-,14+,17-/m0/s1. The average Bonchev–Trinajstić information content (AvgIpc) is 2.61. The van der Waals surface area contributed by atoms with E-state index in [4.69, 9.17) is 9.72 Å². The molecule has 0 unspecified atom stereocenters. The highest BCUT2D eigenvalue weighted by Crippen LogP contribution is 2.30. The van der Waals surface area contributed by atoms with Gasteiger partial charge in [-0.15, -0.1) is 0 Å². The quantitative estimate of drug-likeness (QED) is 0.874. The molecule has 3 rings (SSSR count). The van der Waals surface area contributed by atoms with Crippen molar-refractivity contribution >= 4 is 11.9 Å². The van der Waals surface area contributed by atoms with E-state index in [2.05, 4.69) is 42.9 Å². The molecule has 0 radical (unpaired) electrons. The first-order valence-electron chi connectivity index (χ1n) is 10.1. The summed E-state index contributed by atoms with van der Waals surface area (Å²) in [5.74, 6) is 1.04. The molecule has 26 heavy (non-hydrogen) atoms. The highest BCUT2D eigenvalue weighted by Gasteiger charge is 2.28. The molecule has 0 aromatic carbocycles. The summed E-state index contributed by atoms with van der Waals surface area (Å²) in [6, 6.07) is 0.0448. The molecule has 2 aliphatic rings. The van der Waals surface area contributed by atoms with Gasteiger partial charge in [-0.1, -0.05) is 13.8 Å². The minimum Gasteiger partial charge on any atom is -0.372 e. The molecule has 1 aromatic rings. The van der Waals surface area contributed by atoms with E-state index < -0.39 is 0 Å². The first-order valence-corrected chi connectivity index (χ1v) is 10.1. The van der Waals surface area contributed by atoms with Gasteiger partial charge in [0.05, 0.1) is 23.9 Å². The van der Waals surface area contributed by atoms with Gasteiger partial charge in [-0.2, -0.15) is 0 Å². The molecular weight excluding hydrogens is 328 g/mol. The van der Waals surface area contributed by atoms with Crippen LogP contribution in [0.4, 0.5) is 5.95 Å². The van der Waals surface area contributed by atoms with Crippen molar-refractivity contribution < 1.29 is 9.53 Å². The second kappa shape index (κ2) is 8.33. The van der Waals surface area contributed by atoms with E-state index in [1.807, 2.05) is 6.20 Å². The van der Waals surface area contributed by atoms with Crippen LogP contribution < -0.4 is 10.2 Å². The number of fused-ring (bicyclic) bond motifs is 1. The topological polar surface area (TPSA) is 67.4 Å². The molecule has 1 aliphatic carbocycles. The van der Waals surface area contributed by atoms with Crippen LogP contribution >= 0.6 is 0 Å². The van der Waals surface area contributed by atoms with E-state index in [1.165, 1.54) is 0 Å². The van der Waals surface area contributed by atoms with E-state index in [0.29, 0.717) is 0 Å². The Morgan fingerprint density at radius 2 is 2.00 bits per heavy atom. The summed E-state index contributed by atoms with van der Waals surface area (Å²) in [4.78, 5) is 24.2. The average molecular weight is 361 g/mol. The Morgan fingerprint density at radius 3 is 2.65 bits per heavy atom. The Kier molecular flexibility index (Phi) is 6.12.